The van der Waals surface area contributed by atoms with E-state index in [4.69, 9.17) is 11.6 Å². The van der Waals surface area contributed by atoms with Gasteiger partial charge in [0.25, 0.3) is 5.91 Å². The third kappa shape index (κ3) is 4.19. The third-order valence-corrected chi connectivity index (χ3v) is 6.87. The highest BCUT2D eigenvalue weighted by molar-refractivity contribution is 6.31. The third-order valence-electron chi connectivity index (χ3n) is 6.63. The van der Waals surface area contributed by atoms with Gasteiger partial charge in [-0.25, -0.2) is 10.4 Å². The van der Waals surface area contributed by atoms with Crippen LogP contribution in [0.1, 0.15) is 40.4 Å². The molecule has 4 aromatic rings. The van der Waals surface area contributed by atoms with Crippen molar-refractivity contribution in [3.8, 4) is 0 Å². The molecule has 1 amide bonds. The lowest BCUT2D eigenvalue weighted by Crippen LogP contribution is -2.40. The lowest BCUT2D eigenvalue weighted by Gasteiger charge is -2.26. The minimum atomic E-state index is -0.244. The minimum Gasteiger partial charge on any atom is -0.305 e. The maximum absolute atomic E-state index is 12.8. The summed E-state index contributed by atoms with van der Waals surface area (Å²) in [6, 6.07) is 24.1. The first kappa shape index (κ1) is 21.3. The number of H-pyrrole nitrogens is 1. The Morgan fingerprint density at radius 3 is 2.71 bits per heavy atom. The van der Waals surface area contributed by atoms with Crippen molar-refractivity contribution in [3.05, 3.63) is 94.5 Å². The maximum atomic E-state index is 12.8. The molecule has 4 N–H and O–H groups in total. The number of hydrogen-bond donors (Lipinski definition) is 4. The first-order chi connectivity index (χ1) is 16.7. The second kappa shape index (κ2) is 8.85. The lowest BCUT2D eigenvalue weighted by molar-refractivity contribution is 0.102. The second-order valence-electron chi connectivity index (χ2n) is 9.02. The predicted octanol–water partition coefficient (Wildman–Crippen LogP) is 4.81. The summed E-state index contributed by atoms with van der Waals surface area (Å²) < 4.78 is 0. The van der Waals surface area contributed by atoms with E-state index in [0.29, 0.717) is 28.4 Å². The fourth-order valence-corrected chi connectivity index (χ4v) is 4.98. The van der Waals surface area contributed by atoms with Gasteiger partial charge in [0.1, 0.15) is 0 Å². The molecule has 7 nitrogen and oxygen atoms in total. The van der Waals surface area contributed by atoms with Crippen LogP contribution < -0.4 is 16.3 Å². The largest absolute Gasteiger partial charge is 0.305 e. The summed E-state index contributed by atoms with van der Waals surface area (Å²) in [4.78, 5) is 12.8. The summed E-state index contributed by atoms with van der Waals surface area (Å²) in [5.41, 5.74) is 10.7. The molecule has 2 unspecified atom stereocenters. The first-order valence-electron chi connectivity index (χ1n) is 11.5. The maximum Gasteiger partial charge on any atom is 0.256 e. The zero-order chi connectivity index (χ0) is 23.1. The Hall–Kier alpha value is -3.23. The van der Waals surface area contributed by atoms with E-state index in [2.05, 4.69) is 67.9 Å². The van der Waals surface area contributed by atoms with Crippen molar-refractivity contribution in [2.75, 3.05) is 5.32 Å². The number of nitrogens with zero attached hydrogens (tertiary/aromatic N) is 2. The molecule has 34 heavy (non-hydrogen) atoms. The summed E-state index contributed by atoms with van der Waals surface area (Å²) in [7, 11) is 0. The molecule has 1 aliphatic heterocycles. The topological polar surface area (TPSA) is 85.1 Å². The SMILES string of the molecule is O=C(Nc1n[nH]c2ccc(C3NNN(Cc4ccccc4)C3C3CC3)cc12)c1cccc(Cl)c1. The average Bonchev–Trinajstić information content (AvgIpc) is 3.50. The summed E-state index contributed by atoms with van der Waals surface area (Å²) in [5, 5.41) is 14.0. The van der Waals surface area contributed by atoms with Crippen LogP contribution in [0.3, 0.4) is 0 Å². The number of hydrogen-bond acceptors (Lipinski definition) is 5. The molecule has 2 aliphatic rings. The van der Waals surface area contributed by atoms with E-state index in [1.165, 1.54) is 18.4 Å². The number of fused-ring (bicyclic) bond motifs is 1. The van der Waals surface area contributed by atoms with Gasteiger partial charge >= 0.3 is 0 Å². The Labute approximate surface area is 202 Å². The molecule has 1 saturated carbocycles. The smallest absolute Gasteiger partial charge is 0.256 e. The fraction of sp³-hybridized carbons (Fsp3) is 0.231. The molecule has 0 radical (unpaired) electrons. The standard InChI is InChI=1S/C26H25ClN6O/c27-20-8-4-7-19(13-20)26(34)28-25-21-14-18(11-12-22(21)29-31-25)23-24(17-9-10-17)33(32-30-23)15-16-5-2-1-3-6-16/h1-8,11-14,17,23-24,30,32H,9-10,15H2,(H2,28,29,31,34). The van der Waals surface area contributed by atoms with E-state index >= 15 is 0 Å². The van der Waals surface area contributed by atoms with Gasteiger partial charge in [-0.2, -0.15) is 10.6 Å². The number of anilines is 1. The van der Waals surface area contributed by atoms with Gasteiger partial charge in [-0.3, -0.25) is 9.89 Å². The molecule has 8 heteroatoms. The molecule has 2 atom stereocenters. The van der Waals surface area contributed by atoms with Gasteiger partial charge in [-0.15, -0.1) is 0 Å². The van der Waals surface area contributed by atoms with Crippen LogP contribution in [0.2, 0.25) is 5.02 Å². The fourth-order valence-electron chi connectivity index (χ4n) is 4.79. The van der Waals surface area contributed by atoms with Gasteiger partial charge in [-0.05, 0) is 60.2 Å². The Morgan fingerprint density at radius 2 is 1.91 bits per heavy atom. The zero-order valence-corrected chi connectivity index (χ0v) is 19.2. The Kier molecular flexibility index (Phi) is 5.55. The molecular weight excluding hydrogens is 448 g/mol. The number of aromatic amines is 1. The summed E-state index contributed by atoms with van der Waals surface area (Å²) in [6.07, 6.45) is 2.48. The number of carbonyl (C=O) groups excluding carboxylic acids is 1. The molecule has 0 spiro atoms. The van der Waals surface area contributed by atoms with Crippen LogP contribution in [0.5, 0.6) is 0 Å². The number of rotatable bonds is 6. The van der Waals surface area contributed by atoms with E-state index in [0.717, 1.165) is 23.0 Å². The van der Waals surface area contributed by atoms with Crippen LogP contribution in [-0.4, -0.2) is 27.2 Å². The number of nitrogens with one attached hydrogen (secondary N) is 4. The number of hydrazine groups is 2. The highest BCUT2D eigenvalue weighted by Crippen LogP contribution is 2.43. The van der Waals surface area contributed by atoms with Gasteiger partial charge in [0.2, 0.25) is 0 Å². The van der Waals surface area contributed by atoms with Crippen molar-refractivity contribution in [2.24, 2.45) is 5.92 Å². The zero-order valence-electron chi connectivity index (χ0n) is 18.5. The molecule has 6 rings (SSSR count). The van der Waals surface area contributed by atoms with Gasteiger partial charge in [0, 0.05) is 28.6 Å². The molecule has 1 saturated heterocycles. The number of amides is 1. The predicted molar refractivity (Wildman–Crippen MR) is 133 cm³/mol. The van der Waals surface area contributed by atoms with Crippen molar-refractivity contribution < 1.29 is 4.79 Å². The van der Waals surface area contributed by atoms with Crippen LogP contribution in [0.25, 0.3) is 10.9 Å². The number of carbonyl (C=O) groups is 1. The minimum absolute atomic E-state index is 0.131. The molecule has 2 fully saturated rings. The molecule has 3 aromatic carbocycles. The van der Waals surface area contributed by atoms with Gasteiger partial charge in [0.05, 0.1) is 11.6 Å². The molecule has 1 aliphatic carbocycles. The molecule has 2 heterocycles. The number of halogens is 1. The molecule has 172 valence electrons. The van der Waals surface area contributed by atoms with Crippen LogP contribution in [0.4, 0.5) is 5.82 Å². The van der Waals surface area contributed by atoms with Crippen LogP contribution >= 0.6 is 11.6 Å². The normalized spacial score (nSPS) is 20.6. The van der Waals surface area contributed by atoms with E-state index in [-0.39, 0.29) is 11.9 Å². The quantitative estimate of drug-likeness (QED) is 0.323. The van der Waals surface area contributed by atoms with E-state index in [1.54, 1.807) is 24.3 Å². The van der Waals surface area contributed by atoms with E-state index < -0.39 is 0 Å². The van der Waals surface area contributed by atoms with Crippen molar-refractivity contribution in [3.63, 3.8) is 0 Å². The van der Waals surface area contributed by atoms with Crippen molar-refractivity contribution in [1.29, 1.82) is 0 Å². The Bertz CT molecular complexity index is 1340. The van der Waals surface area contributed by atoms with Crippen molar-refractivity contribution in [2.45, 2.75) is 31.5 Å². The van der Waals surface area contributed by atoms with Crippen LogP contribution in [0.15, 0.2) is 72.8 Å². The van der Waals surface area contributed by atoms with Crippen LogP contribution in [0, 0.1) is 5.92 Å². The van der Waals surface area contributed by atoms with Crippen molar-refractivity contribution >= 4 is 34.2 Å². The summed E-state index contributed by atoms with van der Waals surface area (Å²) >= 11 is 6.05. The van der Waals surface area contributed by atoms with E-state index in [1.807, 2.05) is 12.1 Å². The molecule has 1 aromatic heterocycles. The highest BCUT2D eigenvalue weighted by Gasteiger charge is 2.44. The number of aromatic nitrogens is 2. The second-order valence-corrected chi connectivity index (χ2v) is 9.45. The molecule has 0 bridgehead atoms. The van der Waals surface area contributed by atoms with Crippen molar-refractivity contribution in [1.82, 2.24) is 26.2 Å². The Morgan fingerprint density at radius 1 is 1.06 bits per heavy atom. The van der Waals surface area contributed by atoms with Gasteiger partial charge in [-0.1, -0.05) is 54.1 Å². The summed E-state index contributed by atoms with van der Waals surface area (Å²) in [6.45, 7) is 0.834. The average molecular weight is 473 g/mol. The number of benzene rings is 3. The lowest BCUT2D eigenvalue weighted by atomic mass is 9.95. The van der Waals surface area contributed by atoms with Gasteiger partial charge in [0.15, 0.2) is 5.82 Å². The van der Waals surface area contributed by atoms with Gasteiger partial charge < -0.3 is 5.32 Å². The highest BCUT2D eigenvalue weighted by atomic mass is 35.5. The van der Waals surface area contributed by atoms with E-state index in [9.17, 15) is 4.79 Å². The molecular formula is C26H25ClN6O. The Balaban J connectivity index is 1.26. The monoisotopic (exact) mass is 472 g/mol. The van der Waals surface area contributed by atoms with Crippen LogP contribution in [-0.2, 0) is 6.54 Å². The first-order valence-corrected chi connectivity index (χ1v) is 11.9. The summed E-state index contributed by atoms with van der Waals surface area (Å²) in [5.74, 6) is 0.919.